The average molecular weight is 269 g/mol. The summed E-state index contributed by atoms with van der Waals surface area (Å²) in [4.78, 5) is 6.79. The normalized spacial score (nSPS) is 16.9. The van der Waals surface area contributed by atoms with Crippen LogP contribution in [0.1, 0.15) is 17.3 Å². The van der Waals surface area contributed by atoms with Gasteiger partial charge in [0.1, 0.15) is 12.4 Å². The molecule has 20 heavy (non-hydrogen) atoms. The second-order valence-corrected chi connectivity index (χ2v) is 4.93. The van der Waals surface area contributed by atoms with Gasteiger partial charge in [0.25, 0.3) is 0 Å². The second kappa shape index (κ2) is 6.03. The van der Waals surface area contributed by atoms with Crippen LogP contribution in [0.25, 0.3) is 0 Å². The minimum Gasteiger partial charge on any atom is -0.492 e. The summed E-state index contributed by atoms with van der Waals surface area (Å²) in [6, 6.07) is 14.3. The van der Waals surface area contributed by atoms with E-state index in [9.17, 15) is 0 Å². The molecule has 4 nitrogen and oxygen atoms in total. The molecular weight excluding hydrogens is 250 g/mol. The maximum Gasteiger partial charge on any atom is 0.123 e. The van der Waals surface area contributed by atoms with Gasteiger partial charge in [-0.1, -0.05) is 24.3 Å². The van der Waals surface area contributed by atoms with Crippen LogP contribution in [0.5, 0.6) is 5.75 Å². The third-order valence-electron chi connectivity index (χ3n) is 3.68. The molecule has 2 aromatic rings. The molecule has 0 bridgehead atoms. The first kappa shape index (κ1) is 13.1. The number of ether oxygens (including phenoxy) is 1. The Balaban J connectivity index is 1.86. The van der Waals surface area contributed by atoms with Gasteiger partial charge in [0.15, 0.2) is 0 Å². The van der Waals surface area contributed by atoms with Gasteiger partial charge in [-0.25, -0.2) is 0 Å². The quantitative estimate of drug-likeness (QED) is 0.925. The molecule has 0 fully saturated rings. The lowest BCUT2D eigenvalue weighted by molar-refractivity contribution is 0.170. The standard InChI is InChI=1S/C16H19N3O/c17-11-15(14-6-3-4-8-18-14)19-9-10-20-16-7-2-1-5-13(16)12-19/h1-8,15H,9-12,17H2. The highest BCUT2D eigenvalue weighted by Gasteiger charge is 2.23. The predicted molar refractivity (Wildman–Crippen MR) is 78.4 cm³/mol. The van der Waals surface area contributed by atoms with Crippen LogP contribution < -0.4 is 10.5 Å². The van der Waals surface area contributed by atoms with Gasteiger partial charge in [0, 0.05) is 31.4 Å². The molecule has 0 amide bonds. The van der Waals surface area contributed by atoms with E-state index in [1.807, 2.05) is 42.6 Å². The van der Waals surface area contributed by atoms with Crippen LogP contribution >= 0.6 is 0 Å². The van der Waals surface area contributed by atoms with Crippen molar-refractivity contribution in [2.75, 3.05) is 19.7 Å². The Morgan fingerprint density at radius 3 is 2.85 bits per heavy atom. The van der Waals surface area contributed by atoms with Crippen molar-refractivity contribution in [3.63, 3.8) is 0 Å². The van der Waals surface area contributed by atoms with Gasteiger partial charge in [-0.15, -0.1) is 0 Å². The highest BCUT2D eigenvalue weighted by Crippen LogP contribution is 2.27. The van der Waals surface area contributed by atoms with Crippen molar-refractivity contribution in [1.29, 1.82) is 0 Å². The Morgan fingerprint density at radius 2 is 2.05 bits per heavy atom. The molecule has 1 unspecified atom stereocenters. The lowest BCUT2D eigenvalue weighted by Gasteiger charge is -2.28. The second-order valence-electron chi connectivity index (χ2n) is 4.93. The molecule has 2 heterocycles. The molecule has 4 heteroatoms. The fourth-order valence-electron chi connectivity index (χ4n) is 2.64. The number of hydrogen-bond acceptors (Lipinski definition) is 4. The van der Waals surface area contributed by atoms with Crippen molar-refractivity contribution in [2.45, 2.75) is 12.6 Å². The van der Waals surface area contributed by atoms with Crippen molar-refractivity contribution < 1.29 is 4.74 Å². The summed E-state index contributed by atoms with van der Waals surface area (Å²) in [5.74, 6) is 0.979. The first-order valence-electron chi connectivity index (χ1n) is 6.94. The lowest BCUT2D eigenvalue weighted by Crippen LogP contribution is -2.35. The Hall–Kier alpha value is -1.91. The van der Waals surface area contributed by atoms with Gasteiger partial charge in [0.05, 0.1) is 11.7 Å². The van der Waals surface area contributed by atoms with Gasteiger partial charge in [-0.05, 0) is 18.2 Å². The van der Waals surface area contributed by atoms with Crippen molar-refractivity contribution in [2.24, 2.45) is 5.73 Å². The first-order chi connectivity index (χ1) is 9.88. The molecular formula is C16H19N3O. The lowest BCUT2D eigenvalue weighted by atomic mass is 10.1. The summed E-state index contributed by atoms with van der Waals surface area (Å²) in [6.45, 7) is 2.93. The molecule has 0 saturated carbocycles. The molecule has 0 radical (unpaired) electrons. The molecule has 104 valence electrons. The van der Waals surface area contributed by atoms with E-state index in [4.69, 9.17) is 10.5 Å². The molecule has 0 aliphatic carbocycles. The number of fused-ring (bicyclic) bond motifs is 1. The number of benzene rings is 1. The van der Waals surface area contributed by atoms with Gasteiger partial charge in [-0.3, -0.25) is 9.88 Å². The molecule has 2 N–H and O–H groups in total. The third kappa shape index (κ3) is 2.66. The van der Waals surface area contributed by atoms with Gasteiger partial charge in [-0.2, -0.15) is 0 Å². The molecule has 0 saturated heterocycles. The van der Waals surface area contributed by atoms with E-state index < -0.39 is 0 Å². The summed E-state index contributed by atoms with van der Waals surface area (Å²) in [7, 11) is 0. The molecule has 1 aliphatic rings. The predicted octanol–water partition coefficient (Wildman–Crippen LogP) is 1.98. The van der Waals surface area contributed by atoms with E-state index in [0.717, 1.165) is 24.5 Å². The van der Waals surface area contributed by atoms with Crippen LogP contribution in [0, 0.1) is 0 Å². The highest BCUT2D eigenvalue weighted by atomic mass is 16.5. The van der Waals surface area contributed by atoms with E-state index in [1.165, 1.54) is 5.56 Å². The number of aromatic nitrogens is 1. The minimum absolute atomic E-state index is 0.131. The van der Waals surface area contributed by atoms with Gasteiger partial charge < -0.3 is 10.5 Å². The number of nitrogens with zero attached hydrogens (tertiary/aromatic N) is 2. The zero-order valence-corrected chi connectivity index (χ0v) is 11.4. The van der Waals surface area contributed by atoms with Crippen LogP contribution in [0.3, 0.4) is 0 Å². The molecule has 1 atom stereocenters. The molecule has 0 spiro atoms. The van der Waals surface area contributed by atoms with Crippen LogP contribution in [0.15, 0.2) is 48.7 Å². The fourth-order valence-corrected chi connectivity index (χ4v) is 2.64. The number of rotatable bonds is 3. The highest BCUT2D eigenvalue weighted by molar-refractivity contribution is 5.34. The summed E-state index contributed by atoms with van der Waals surface area (Å²) >= 11 is 0. The number of hydrogen-bond donors (Lipinski definition) is 1. The monoisotopic (exact) mass is 269 g/mol. The maximum absolute atomic E-state index is 5.98. The van der Waals surface area contributed by atoms with Crippen LogP contribution in [0.2, 0.25) is 0 Å². The molecule has 1 aromatic carbocycles. The summed E-state index contributed by atoms with van der Waals surface area (Å²) in [5.41, 5.74) is 8.21. The van der Waals surface area contributed by atoms with Gasteiger partial charge in [0.2, 0.25) is 0 Å². The summed E-state index contributed by atoms with van der Waals surface area (Å²) in [6.07, 6.45) is 1.82. The van der Waals surface area contributed by atoms with E-state index >= 15 is 0 Å². The van der Waals surface area contributed by atoms with Crippen molar-refractivity contribution >= 4 is 0 Å². The molecule has 1 aromatic heterocycles. The largest absolute Gasteiger partial charge is 0.492 e. The minimum atomic E-state index is 0.131. The van der Waals surface area contributed by atoms with Crippen LogP contribution in [0.4, 0.5) is 0 Å². The molecule has 3 rings (SSSR count). The average Bonchev–Trinajstić information content (AvgIpc) is 2.71. The van der Waals surface area contributed by atoms with Crippen LogP contribution in [-0.2, 0) is 6.54 Å². The topological polar surface area (TPSA) is 51.4 Å². The van der Waals surface area contributed by atoms with E-state index in [2.05, 4.69) is 16.0 Å². The Morgan fingerprint density at radius 1 is 1.20 bits per heavy atom. The molecule has 1 aliphatic heterocycles. The van der Waals surface area contributed by atoms with E-state index in [0.29, 0.717) is 13.2 Å². The fraction of sp³-hybridized carbons (Fsp3) is 0.312. The number of nitrogens with two attached hydrogens (primary N) is 1. The number of para-hydroxylation sites is 1. The van der Waals surface area contributed by atoms with Crippen molar-refractivity contribution in [3.8, 4) is 5.75 Å². The Bertz CT molecular complexity index is 559. The summed E-state index contributed by atoms with van der Waals surface area (Å²) in [5, 5.41) is 0. The first-order valence-corrected chi connectivity index (χ1v) is 6.94. The zero-order chi connectivity index (χ0) is 13.8. The SMILES string of the molecule is NCC(c1ccccn1)N1CCOc2ccccc2C1. The van der Waals surface area contributed by atoms with Crippen molar-refractivity contribution in [1.82, 2.24) is 9.88 Å². The van der Waals surface area contributed by atoms with E-state index in [1.54, 1.807) is 0 Å². The third-order valence-corrected chi connectivity index (χ3v) is 3.68. The summed E-state index contributed by atoms with van der Waals surface area (Å²) < 4.78 is 5.81. The van der Waals surface area contributed by atoms with Crippen molar-refractivity contribution in [3.05, 3.63) is 59.9 Å². The Kier molecular flexibility index (Phi) is 3.95. The smallest absolute Gasteiger partial charge is 0.123 e. The zero-order valence-electron chi connectivity index (χ0n) is 11.4. The van der Waals surface area contributed by atoms with E-state index in [-0.39, 0.29) is 6.04 Å². The van der Waals surface area contributed by atoms with Crippen LogP contribution in [-0.4, -0.2) is 29.6 Å². The van der Waals surface area contributed by atoms with Gasteiger partial charge >= 0.3 is 0 Å². The number of pyridine rings is 1. The Labute approximate surface area is 119 Å². The maximum atomic E-state index is 5.98.